The van der Waals surface area contributed by atoms with Crippen LogP contribution in [0.5, 0.6) is 11.5 Å². The number of ether oxygens (including phenoxy) is 2. The number of nitrogens with one attached hydrogen (secondary N) is 2. The van der Waals surface area contributed by atoms with Gasteiger partial charge in [0, 0.05) is 5.69 Å². The Morgan fingerprint density at radius 3 is 2.05 bits per heavy atom. The minimum Gasteiger partial charge on any atom is -0.497 e. The number of rotatable bonds is 11. The minimum atomic E-state index is -4.09. The van der Waals surface area contributed by atoms with E-state index in [0.717, 1.165) is 9.87 Å². The van der Waals surface area contributed by atoms with Crippen LogP contribution in [0, 0.1) is 6.92 Å². The van der Waals surface area contributed by atoms with E-state index in [0.29, 0.717) is 17.2 Å². The van der Waals surface area contributed by atoms with E-state index >= 15 is 0 Å². The number of hydrogen-bond acceptors (Lipinski definition) is 7. The van der Waals surface area contributed by atoms with Crippen molar-refractivity contribution in [2.45, 2.75) is 16.7 Å². The summed E-state index contributed by atoms with van der Waals surface area (Å²) in [6.07, 6.45) is 0. The van der Waals surface area contributed by atoms with Crippen molar-refractivity contribution in [2.24, 2.45) is 0 Å². The van der Waals surface area contributed by atoms with Crippen molar-refractivity contribution in [1.29, 1.82) is 0 Å². The van der Waals surface area contributed by atoms with Gasteiger partial charge in [0.25, 0.3) is 20.0 Å². The van der Waals surface area contributed by atoms with E-state index in [2.05, 4.69) is 10.0 Å². The molecular weight excluding hydrogens is 566 g/mol. The third kappa shape index (κ3) is 6.97. The van der Waals surface area contributed by atoms with E-state index in [-0.39, 0.29) is 21.2 Å². The average Bonchev–Trinajstić information content (AvgIpc) is 2.96. The molecule has 214 valence electrons. The van der Waals surface area contributed by atoms with Crippen LogP contribution in [0.1, 0.15) is 5.56 Å². The van der Waals surface area contributed by atoms with Gasteiger partial charge in [-0.15, -0.1) is 0 Å². The molecule has 0 bridgehead atoms. The molecule has 0 aromatic heterocycles. The van der Waals surface area contributed by atoms with E-state index < -0.39 is 32.5 Å². The smallest absolute Gasteiger partial charge is 0.264 e. The Morgan fingerprint density at radius 1 is 0.780 bits per heavy atom. The number of methoxy groups -OCH3 is 2. The van der Waals surface area contributed by atoms with Gasteiger partial charge in [-0.25, -0.2) is 16.8 Å². The Morgan fingerprint density at radius 2 is 1.44 bits per heavy atom. The van der Waals surface area contributed by atoms with Crippen molar-refractivity contribution in [3.63, 3.8) is 0 Å². The first-order valence-electron chi connectivity index (χ1n) is 12.3. The van der Waals surface area contributed by atoms with E-state index in [1.807, 2.05) is 6.92 Å². The lowest BCUT2D eigenvalue weighted by Crippen LogP contribution is -2.38. The number of nitrogens with zero attached hydrogens (tertiary/aromatic N) is 1. The van der Waals surface area contributed by atoms with Gasteiger partial charge in [0.05, 0.1) is 35.4 Å². The summed E-state index contributed by atoms with van der Waals surface area (Å²) in [7, 11) is -5.11. The van der Waals surface area contributed by atoms with Crippen LogP contribution in [0.3, 0.4) is 0 Å². The molecule has 0 aliphatic heterocycles. The maximum Gasteiger partial charge on any atom is 0.264 e. The summed E-state index contributed by atoms with van der Waals surface area (Å²) < 4.78 is 66.8. The van der Waals surface area contributed by atoms with Crippen molar-refractivity contribution in [2.75, 3.05) is 35.1 Å². The van der Waals surface area contributed by atoms with Crippen molar-refractivity contribution in [3.8, 4) is 11.5 Å². The van der Waals surface area contributed by atoms with Crippen LogP contribution < -0.4 is 23.8 Å². The fraction of sp³-hybridized carbons (Fsp3) is 0.138. The maximum absolute atomic E-state index is 13.5. The third-order valence-electron chi connectivity index (χ3n) is 6.03. The highest BCUT2D eigenvalue weighted by Crippen LogP contribution is 2.29. The quantitative estimate of drug-likeness (QED) is 0.258. The summed E-state index contributed by atoms with van der Waals surface area (Å²) in [5.74, 6) is 0.272. The number of anilines is 3. The number of aryl methyl sites for hydroxylation is 1. The molecule has 41 heavy (non-hydrogen) atoms. The van der Waals surface area contributed by atoms with Crippen LogP contribution in [-0.4, -0.2) is 43.5 Å². The van der Waals surface area contributed by atoms with Gasteiger partial charge in [0.2, 0.25) is 5.91 Å². The first-order valence-corrected chi connectivity index (χ1v) is 15.2. The monoisotopic (exact) mass is 595 g/mol. The molecular formula is C29H29N3O7S2. The van der Waals surface area contributed by atoms with Crippen LogP contribution in [0.4, 0.5) is 17.1 Å². The Hall–Kier alpha value is -4.55. The molecule has 0 aliphatic carbocycles. The van der Waals surface area contributed by atoms with Crippen molar-refractivity contribution < 1.29 is 31.1 Å². The molecule has 4 aromatic carbocycles. The lowest BCUT2D eigenvalue weighted by atomic mass is 10.2. The van der Waals surface area contributed by atoms with E-state index in [4.69, 9.17) is 9.47 Å². The second kappa shape index (κ2) is 12.3. The first kappa shape index (κ1) is 29.4. The molecule has 12 heteroatoms. The Labute approximate surface area is 239 Å². The summed E-state index contributed by atoms with van der Waals surface area (Å²) in [4.78, 5) is 13.0. The van der Waals surface area contributed by atoms with Gasteiger partial charge in [0.1, 0.15) is 18.0 Å². The zero-order chi connectivity index (χ0) is 29.6. The Bertz CT molecular complexity index is 1730. The number of hydrogen-bond donors (Lipinski definition) is 2. The van der Waals surface area contributed by atoms with E-state index in [9.17, 15) is 21.6 Å². The lowest BCUT2D eigenvalue weighted by Gasteiger charge is -2.24. The summed E-state index contributed by atoms with van der Waals surface area (Å²) in [5, 5.41) is 2.64. The molecule has 0 aliphatic rings. The molecule has 0 radical (unpaired) electrons. The number of carbonyl (C=O) groups is 1. The molecule has 0 atom stereocenters. The van der Waals surface area contributed by atoms with Gasteiger partial charge in [-0.2, -0.15) is 0 Å². The highest BCUT2D eigenvalue weighted by atomic mass is 32.2. The van der Waals surface area contributed by atoms with Crippen LogP contribution in [0.15, 0.2) is 107 Å². The molecule has 10 nitrogen and oxygen atoms in total. The minimum absolute atomic E-state index is 0.0240. The lowest BCUT2D eigenvalue weighted by molar-refractivity contribution is -0.114. The van der Waals surface area contributed by atoms with Crippen LogP contribution in [0.2, 0.25) is 0 Å². The molecule has 0 fully saturated rings. The average molecular weight is 596 g/mol. The van der Waals surface area contributed by atoms with Gasteiger partial charge >= 0.3 is 0 Å². The van der Waals surface area contributed by atoms with Gasteiger partial charge in [-0.1, -0.05) is 24.3 Å². The van der Waals surface area contributed by atoms with Crippen LogP contribution in [0.25, 0.3) is 0 Å². The Balaban J connectivity index is 1.53. The zero-order valence-corrected chi connectivity index (χ0v) is 24.2. The Kier molecular flexibility index (Phi) is 8.84. The standard InChI is InChI=1S/C29H29N3O7S2/c1-21-9-18-28(39-3)27(19-21)31-40(34,35)25-16-10-22(11-17-25)30-29(33)20-32(23-12-14-24(38-2)15-13-23)41(36,37)26-7-5-4-6-8-26/h4-19,31H,20H2,1-3H3,(H,30,33). The second-order valence-corrected chi connectivity index (χ2v) is 12.4. The van der Waals surface area contributed by atoms with Crippen molar-refractivity contribution in [3.05, 3.63) is 103 Å². The number of sulfonamides is 2. The van der Waals surface area contributed by atoms with Gasteiger partial charge in [-0.3, -0.25) is 13.8 Å². The van der Waals surface area contributed by atoms with Crippen molar-refractivity contribution >= 4 is 43.0 Å². The summed E-state index contributed by atoms with van der Waals surface area (Å²) in [5.41, 5.74) is 1.69. The van der Waals surface area contributed by atoms with E-state index in [1.165, 1.54) is 50.6 Å². The van der Waals surface area contributed by atoms with Crippen LogP contribution >= 0.6 is 0 Å². The maximum atomic E-state index is 13.5. The molecule has 4 rings (SSSR count). The van der Waals surface area contributed by atoms with Crippen molar-refractivity contribution in [1.82, 2.24) is 0 Å². The molecule has 0 saturated heterocycles. The zero-order valence-electron chi connectivity index (χ0n) is 22.6. The predicted molar refractivity (Wildman–Crippen MR) is 158 cm³/mol. The summed E-state index contributed by atoms with van der Waals surface area (Å²) >= 11 is 0. The number of benzene rings is 4. The van der Waals surface area contributed by atoms with Gasteiger partial charge in [0.15, 0.2) is 0 Å². The van der Waals surface area contributed by atoms with Gasteiger partial charge < -0.3 is 14.8 Å². The number of carbonyl (C=O) groups excluding carboxylic acids is 1. The highest BCUT2D eigenvalue weighted by Gasteiger charge is 2.27. The molecule has 1 amide bonds. The first-order chi connectivity index (χ1) is 19.5. The SMILES string of the molecule is COc1ccc(N(CC(=O)Nc2ccc(S(=O)(=O)Nc3cc(C)ccc3OC)cc2)S(=O)(=O)c2ccccc2)cc1. The molecule has 0 spiro atoms. The van der Waals surface area contributed by atoms with Crippen LogP contribution in [-0.2, 0) is 24.8 Å². The second-order valence-electron chi connectivity index (χ2n) is 8.90. The normalized spacial score (nSPS) is 11.4. The van der Waals surface area contributed by atoms with E-state index in [1.54, 1.807) is 60.7 Å². The molecule has 2 N–H and O–H groups in total. The highest BCUT2D eigenvalue weighted by molar-refractivity contribution is 7.93. The fourth-order valence-corrected chi connectivity index (χ4v) is 6.44. The fourth-order valence-electron chi connectivity index (χ4n) is 3.94. The topological polar surface area (TPSA) is 131 Å². The predicted octanol–water partition coefficient (Wildman–Crippen LogP) is 4.65. The largest absolute Gasteiger partial charge is 0.497 e. The number of amides is 1. The van der Waals surface area contributed by atoms with Gasteiger partial charge in [-0.05, 0) is 85.3 Å². The summed E-state index contributed by atoms with van der Waals surface area (Å²) in [6, 6.07) is 24.7. The molecule has 0 saturated carbocycles. The summed E-state index contributed by atoms with van der Waals surface area (Å²) in [6.45, 7) is 1.30. The third-order valence-corrected chi connectivity index (χ3v) is 9.20. The molecule has 0 heterocycles. The molecule has 0 unspecified atom stereocenters. The molecule has 4 aromatic rings.